The molecule has 8 rings (SSSR count). The summed E-state index contributed by atoms with van der Waals surface area (Å²) in [6.07, 6.45) is 0. The zero-order valence-corrected chi connectivity index (χ0v) is 30.2. The van der Waals surface area contributed by atoms with E-state index < -0.39 is 16.1 Å². The smallest absolute Gasteiger partial charge is 0.0626 e. The van der Waals surface area contributed by atoms with Crippen LogP contribution in [0.1, 0.15) is 0 Å². The van der Waals surface area contributed by atoms with Crippen molar-refractivity contribution in [3.8, 4) is 22.3 Å². The third-order valence-corrected chi connectivity index (χ3v) is 17.8. The third-order valence-electron chi connectivity index (χ3n) is 10.7. The fourth-order valence-electron chi connectivity index (χ4n) is 7.62. The van der Waals surface area contributed by atoms with Crippen molar-refractivity contribution in [2.24, 2.45) is 0 Å². The molecule has 0 radical (unpaired) electrons. The van der Waals surface area contributed by atoms with Crippen LogP contribution in [0.4, 0.5) is 0 Å². The Bertz CT molecular complexity index is 2360. The largest absolute Gasteiger partial charge is 0.112 e. The molecule has 8 aromatic rings. The van der Waals surface area contributed by atoms with Gasteiger partial charge in [-0.2, -0.15) is 0 Å². The number of hydrogen-bond donors (Lipinski definition) is 0. The molecule has 0 heterocycles. The lowest BCUT2D eigenvalue weighted by molar-refractivity contribution is 1.64. The standard InChI is InChI=1S/C46H40Si2/c1-47(2,37-16-6-5-7-17-37)38-27-23-34(24-28-38)45-41-18-10-12-20-43(41)46(44-21-13-11-19-42(44)45)35-25-29-39(30-26-35)48(3,4)40-31-22-33-14-8-9-15-36(33)32-40/h5-32H,1-4H3. The predicted molar refractivity (Wildman–Crippen MR) is 216 cm³/mol. The molecule has 0 saturated carbocycles. The minimum Gasteiger partial charge on any atom is -0.0626 e. The van der Waals surface area contributed by atoms with Crippen LogP contribution in [0, 0.1) is 0 Å². The molecular formula is C46H40Si2. The summed E-state index contributed by atoms with van der Waals surface area (Å²) in [7, 11) is -3.68. The van der Waals surface area contributed by atoms with Gasteiger partial charge in [-0.15, -0.1) is 0 Å². The molecule has 0 aliphatic heterocycles. The first-order valence-electron chi connectivity index (χ1n) is 17.0. The quantitative estimate of drug-likeness (QED) is 0.124. The maximum absolute atomic E-state index is 2.47. The molecule has 8 aromatic carbocycles. The predicted octanol–water partition coefficient (Wildman–Crippen LogP) is 10.1. The van der Waals surface area contributed by atoms with E-state index >= 15 is 0 Å². The molecule has 0 bridgehead atoms. The molecule has 0 aliphatic rings. The summed E-state index contributed by atoms with van der Waals surface area (Å²) in [5, 5.41) is 13.7. The molecule has 0 spiro atoms. The van der Waals surface area contributed by atoms with Crippen LogP contribution < -0.4 is 20.7 Å². The van der Waals surface area contributed by atoms with Crippen LogP contribution in [0.25, 0.3) is 54.6 Å². The van der Waals surface area contributed by atoms with Gasteiger partial charge in [0.1, 0.15) is 16.1 Å². The Morgan fingerprint density at radius 3 is 1.12 bits per heavy atom. The molecule has 0 aliphatic carbocycles. The highest BCUT2D eigenvalue weighted by Gasteiger charge is 2.27. The van der Waals surface area contributed by atoms with Crippen LogP contribution in [-0.4, -0.2) is 16.1 Å². The van der Waals surface area contributed by atoms with E-state index in [4.69, 9.17) is 0 Å². The second kappa shape index (κ2) is 11.9. The molecule has 232 valence electrons. The van der Waals surface area contributed by atoms with Crippen LogP contribution in [0.15, 0.2) is 170 Å². The molecular weight excluding hydrogens is 609 g/mol. The van der Waals surface area contributed by atoms with Gasteiger partial charge >= 0.3 is 0 Å². The summed E-state index contributed by atoms with van der Waals surface area (Å²) in [5.41, 5.74) is 5.18. The first kappa shape index (κ1) is 30.3. The van der Waals surface area contributed by atoms with E-state index in [2.05, 4.69) is 196 Å². The molecule has 0 unspecified atom stereocenters. The van der Waals surface area contributed by atoms with Gasteiger partial charge in [-0.1, -0.05) is 217 Å². The highest BCUT2D eigenvalue weighted by molar-refractivity contribution is 7.01. The van der Waals surface area contributed by atoms with Crippen LogP contribution >= 0.6 is 0 Å². The second-order valence-corrected chi connectivity index (χ2v) is 23.0. The summed E-state index contributed by atoms with van der Waals surface area (Å²) < 4.78 is 0. The summed E-state index contributed by atoms with van der Waals surface area (Å²) in [5.74, 6) is 0. The Labute approximate surface area is 286 Å². The Morgan fingerprint density at radius 1 is 0.292 bits per heavy atom. The first-order valence-corrected chi connectivity index (χ1v) is 23.0. The lowest BCUT2D eigenvalue weighted by atomic mass is 9.86. The van der Waals surface area contributed by atoms with Gasteiger partial charge < -0.3 is 0 Å². The van der Waals surface area contributed by atoms with Crippen LogP contribution in [-0.2, 0) is 0 Å². The van der Waals surface area contributed by atoms with Crippen molar-refractivity contribution in [2.75, 3.05) is 0 Å². The van der Waals surface area contributed by atoms with Gasteiger partial charge in [-0.05, 0) is 54.6 Å². The van der Waals surface area contributed by atoms with E-state index in [9.17, 15) is 0 Å². The maximum Gasteiger partial charge on any atom is 0.112 e. The Morgan fingerprint density at radius 2 is 0.646 bits per heavy atom. The number of hydrogen-bond acceptors (Lipinski definition) is 0. The van der Waals surface area contributed by atoms with Gasteiger partial charge in [-0.3, -0.25) is 0 Å². The average molecular weight is 649 g/mol. The van der Waals surface area contributed by atoms with Crippen molar-refractivity contribution in [3.63, 3.8) is 0 Å². The van der Waals surface area contributed by atoms with E-state index in [1.807, 2.05) is 0 Å². The minimum absolute atomic E-state index is 1.27. The molecule has 0 atom stereocenters. The summed E-state index contributed by atoms with van der Waals surface area (Å²) in [6, 6.07) is 63.7. The molecule has 0 nitrogen and oxygen atoms in total. The Kier molecular flexibility index (Phi) is 7.51. The molecule has 0 fully saturated rings. The van der Waals surface area contributed by atoms with Gasteiger partial charge in [0.05, 0.1) is 0 Å². The van der Waals surface area contributed by atoms with E-state index in [1.54, 1.807) is 0 Å². The van der Waals surface area contributed by atoms with Crippen molar-refractivity contribution < 1.29 is 0 Å². The van der Waals surface area contributed by atoms with Gasteiger partial charge in [0, 0.05) is 0 Å². The van der Waals surface area contributed by atoms with Crippen molar-refractivity contribution >= 4 is 69.2 Å². The van der Waals surface area contributed by atoms with Gasteiger partial charge in [0.15, 0.2) is 0 Å². The van der Waals surface area contributed by atoms with Crippen LogP contribution in [0.5, 0.6) is 0 Å². The van der Waals surface area contributed by atoms with Crippen molar-refractivity contribution in [2.45, 2.75) is 26.2 Å². The fraction of sp³-hybridized carbons (Fsp3) is 0.0870. The second-order valence-electron chi connectivity index (χ2n) is 14.2. The van der Waals surface area contributed by atoms with Crippen LogP contribution in [0.2, 0.25) is 26.2 Å². The normalized spacial score (nSPS) is 12.2. The molecule has 0 N–H and O–H groups in total. The van der Waals surface area contributed by atoms with Crippen molar-refractivity contribution in [1.29, 1.82) is 0 Å². The van der Waals surface area contributed by atoms with Gasteiger partial charge in [-0.25, -0.2) is 0 Å². The average Bonchev–Trinajstić information content (AvgIpc) is 3.14. The molecule has 48 heavy (non-hydrogen) atoms. The van der Waals surface area contributed by atoms with Gasteiger partial charge in [0.2, 0.25) is 0 Å². The van der Waals surface area contributed by atoms with E-state index in [1.165, 1.54) is 75.3 Å². The monoisotopic (exact) mass is 648 g/mol. The van der Waals surface area contributed by atoms with Gasteiger partial charge in [0.25, 0.3) is 0 Å². The van der Waals surface area contributed by atoms with E-state index in [0.717, 1.165) is 0 Å². The Hall–Kier alpha value is -5.03. The third kappa shape index (κ3) is 5.13. The zero-order valence-electron chi connectivity index (χ0n) is 28.2. The highest BCUT2D eigenvalue weighted by atomic mass is 28.3. The zero-order chi connectivity index (χ0) is 32.9. The highest BCUT2D eigenvalue weighted by Crippen LogP contribution is 2.43. The number of fused-ring (bicyclic) bond motifs is 3. The molecule has 2 heteroatoms. The summed E-state index contributed by atoms with van der Waals surface area (Å²) in [4.78, 5) is 0. The SMILES string of the molecule is C[Si](C)(c1ccccc1)c1ccc(-c2c3ccccc3c(-c3ccc([Si](C)(C)c4ccc5ccccc5c4)cc3)c3ccccc23)cc1. The molecule has 0 amide bonds. The van der Waals surface area contributed by atoms with Crippen LogP contribution in [0.3, 0.4) is 0 Å². The lowest BCUT2D eigenvalue weighted by Gasteiger charge is -2.25. The lowest BCUT2D eigenvalue weighted by Crippen LogP contribution is -2.52. The molecule has 0 saturated heterocycles. The number of rotatable bonds is 6. The van der Waals surface area contributed by atoms with Crippen molar-refractivity contribution in [3.05, 3.63) is 170 Å². The first-order chi connectivity index (χ1) is 23.3. The molecule has 0 aromatic heterocycles. The van der Waals surface area contributed by atoms with Crippen molar-refractivity contribution in [1.82, 2.24) is 0 Å². The fourth-order valence-corrected chi connectivity index (χ4v) is 12.3. The number of benzene rings is 8. The minimum atomic E-state index is -1.89. The topological polar surface area (TPSA) is 0 Å². The summed E-state index contributed by atoms with van der Waals surface area (Å²) >= 11 is 0. The summed E-state index contributed by atoms with van der Waals surface area (Å²) in [6.45, 7) is 9.85. The maximum atomic E-state index is 2.47. The van der Waals surface area contributed by atoms with E-state index in [0.29, 0.717) is 0 Å². The Balaban J connectivity index is 1.23. The van der Waals surface area contributed by atoms with E-state index in [-0.39, 0.29) is 0 Å².